The van der Waals surface area contributed by atoms with E-state index in [0.29, 0.717) is 6.54 Å². The van der Waals surface area contributed by atoms with Gasteiger partial charge in [-0.3, -0.25) is 4.99 Å². The first-order valence-corrected chi connectivity index (χ1v) is 10.8. The first-order chi connectivity index (χ1) is 14.3. The van der Waals surface area contributed by atoms with Gasteiger partial charge in [-0.25, -0.2) is 9.97 Å². The minimum absolute atomic E-state index is 0.660. The van der Waals surface area contributed by atoms with E-state index in [-0.39, 0.29) is 0 Å². The molecule has 2 aromatic heterocycles. The molecule has 1 fully saturated rings. The van der Waals surface area contributed by atoms with Gasteiger partial charge in [-0.05, 0) is 42.8 Å². The third-order valence-electron chi connectivity index (χ3n) is 5.29. The molecule has 0 atom stereocenters. The molecule has 2 aliphatic heterocycles. The Bertz CT molecular complexity index is 1040. The van der Waals surface area contributed by atoms with E-state index in [2.05, 4.69) is 55.9 Å². The van der Waals surface area contributed by atoms with Crippen molar-refractivity contribution in [3.05, 3.63) is 51.8 Å². The summed E-state index contributed by atoms with van der Waals surface area (Å²) in [5.74, 6) is 0.874. The number of rotatable bonds is 4. The van der Waals surface area contributed by atoms with Crippen LogP contribution in [0.4, 0.5) is 17.2 Å². The lowest BCUT2D eigenvalue weighted by Crippen LogP contribution is -2.36. The molecule has 6 nitrogen and oxygen atoms in total. The number of nitrogens with zero attached hydrogens (tertiary/aromatic N) is 4. The molecular formula is C22H23N5OS. The Morgan fingerprint density at radius 3 is 2.66 bits per heavy atom. The Kier molecular flexibility index (Phi) is 4.99. The monoisotopic (exact) mass is 405 g/mol. The quantitative estimate of drug-likeness (QED) is 0.704. The van der Waals surface area contributed by atoms with Crippen LogP contribution in [0.15, 0.2) is 40.7 Å². The molecular weight excluding hydrogens is 382 g/mol. The molecule has 4 heterocycles. The van der Waals surface area contributed by atoms with E-state index in [0.717, 1.165) is 60.6 Å². The lowest BCUT2D eigenvalue weighted by atomic mass is 10.0. The molecule has 2 aliphatic rings. The van der Waals surface area contributed by atoms with E-state index < -0.39 is 0 Å². The normalized spacial score (nSPS) is 16.0. The molecule has 0 aliphatic carbocycles. The van der Waals surface area contributed by atoms with Crippen molar-refractivity contribution in [3.63, 3.8) is 0 Å². The molecule has 148 valence electrons. The van der Waals surface area contributed by atoms with Crippen molar-refractivity contribution in [3.8, 4) is 11.4 Å². The maximum Gasteiger partial charge on any atom is 0.136 e. The van der Waals surface area contributed by atoms with E-state index in [1.807, 2.05) is 13.1 Å². The average Bonchev–Trinajstić information content (AvgIpc) is 3.21. The molecule has 0 radical (unpaired) electrons. The Morgan fingerprint density at radius 1 is 1.07 bits per heavy atom. The molecule has 1 saturated heterocycles. The van der Waals surface area contributed by atoms with Gasteiger partial charge in [0.1, 0.15) is 5.82 Å². The number of nitrogens with one attached hydrogen (secondary N) is 1. The van der Waals surface area contributed by atoms with E-state index >= 15 is 0 Å². The zero-order valence-corrected chi connectivity index (χ0v) is 17.2. The van der Waals surface area contributed by atoms with Gasteiger partial charge >= 0.3 is 0 Å². The number of aryl methyl sites for hydroxylation is 1. The van der Waals surface area contributed by atoms with Crippen molar-refractivity contribution in [1.82, 2.24) is 9.97 Å². The Balaban J connectivity index is 1.44. The second kappa shape index (κ2) is 7.93. The van der Waals surface area contributed by atoms with Crippen LogP contribution in [0, 0.1) is 6.92 Å². The van der Waals surface area contributed by atoms with Gasteiger partial charge in [0, 0.05) is 48.0 Å². The second-order valence-corrected chi connectivity index (χ2v) is 8.31. The highest BCUT2D eigenvalue weighted by atomic mass is 32.1. The number of morpholine rings is 1. The number of hydrogen-bond acceptors (Lipinski definition) is 7. The van der Waals surface area contributed by atoms with Crippen LogP contribution in [0.2, 0.25) is 0 Å². The zero-order valence-electron chi connectivity index (χ0n) is 16.4. The van der Waals surface area contributed by atoms with Crippen molar-refractivity contribution < 1.29 is 4.74 Å². The van der Waals surface area contributed by atoms with Crippen molar-refractivity contribution in [2.24, 2.45) is 4.99 Å². The fourth-order valence-electron chi connectivity index (χ4n) is 3.73. The zero-order chi connectivity index (χ0) is 19.6. The number of anilines is 3. The molecule has 0 amide bonds. The van der Waals surface area contributed by atoms with E-state index in [9.17, 15) is 0 Å². The third kappa shape index (κ3) is 3.88. The molecule has 0 bridgehead atoms. The summed E-state index contributed by atoms with van der Waals surface area (Å²) in [6.07, 6.45) is 2.82. The number of fused-ring (bicyclic) bond motifs is 1. The summed E-state index contributed by atoms with van der Waals surface area (Å²) in [6, 6.07) is 10.7. The number of thiazole rings is 1. The molecule has 29 heavy (non-hydrogen) atoms. The number of ether oxygens (including phenoxy) is 1. The van der Waals surface area contributed by atoms with Crippen LogP contribution in [0.25, 0.3) is 11.4 Å². The maximum absolute atomic E-state index is 5.45. The summed E-state index contributed by atoms with van der Waals surface area (Å²) in [7, 11) is 0. The van der Waals surface area contributed by atoms with E-state index in [1.54, 1.807) is 11.3 Å². The van der Waals surface area contributed by atoms with Gasteiger partial charge in [0.15, 0.2) is 0 Å². The van der Waals surface area contributed by atoms with Crippen LogP contribution < -0.4 is 10.2 Å². The average molecular weight is 406 g/mol. The highest BCUT2D eigenvalue weighted by molar-refractivity contribution is 7.09. The smallest absolute Gasteiger partial charge is 0.136 e. The van der Waals surface area contributed by atoms with Gasteiger partial charge in [-0.2, -0.15) is 0 Å². The SMILES string of the molecule is Cc1nc(-c2cc3c(c(Nc4ccc(N5CCOCC5)cc4)n2)CN=CC3)cs1. The van der Waals surface area contributed by atoms with Crippen LogP contribution in [0.3, 0.4) is 0 Å². The molecule has 5 rings (SSSR count). The van der Waals surface area contributed by atoms with Gasteiger partial charge in [-0.1, -0.05) is 0 Å². The van der Waals surface area contributed by atoms with E-state index in [1.165, 1.54) is 16.8 Å². The van der Waals surface area contributed by atoms with Crippen molar-refractivity contribution in [2.75, 3.05) is 36.5 Å². The lowest BCUT2D eigenvalue weighted by Gasteiger charge is -2.29. The topological polar surface area (TPSA) is 62.6 Å². The van der Waals surface area contributed by atoms with Crippen LogP contribution >= 0.6 is 11.3 Å². The summed E-state index contributed by atoms with van der Waals surface area (Å²) < 4.78 is 5.45. The highest BCUT2D eigenvalue weighted by Crippen LogP contribution is 2.31. The number of pyridine rings is 1. The molecule has 0 spiro atoms. The van der Waals surface area contributed by atoms with Crippen LogP contribution in [-0.4, -0.2) is 42.5 Å². The molecule has 0 unspecified atom stereocenters. The van der Waals surface area contributed by atoms with Crippen molar-refractivity contribution in [1.29, 1.82) is 0 Å². The van der Waals surface area contributed by atoms with Crippen LogP contribution in [-0.2, 0) is 17.7 Å². The number of hydrogen-bond donors (Lipinski definition) is 1. The summed E-state index contributed by atoms with van der Waals surface area (Å²) >= 11 is 1.65. The number of aliphatic imine (C=N–C) groups is 1. The number of aromatic nitrogens is 2. The minimum atomic E-state index is 0.660. The Hall–Kier alpha value is -2.77. The summed E-state index contributed by atoms with van der Waals surface area (Å²) in [5.41, 5.74) is 6.53. The standard InChI is InChI=1S/C22H23N5OS/c1-15-24-21(14-29-15)20-12-16-6-7-23-13-19(16)22(26-20)25-17-2-4-18(5-3-17)27-8-10-28-11-9-27/h2-5,7,12,14H,6,8-11,13H2,1H3,(H,25,26). The van der Waals surface area contributed by atoms with Gasteiger partial charge in [0.2, 0.25) is 0 Å². The molecule has 1 aromatic carbocycles. The fourth-order valence-corrected chi connectivity index (χ4v) is 4.34. The van der Waals surface area contributed by atoms with Gasteiger partial charge < -0.3 is 15.0 Å². The Labute approximate surface area is 174 Å². The molecule has 1 N–H and O–H groups in total. The lowest BCUT2D eigenvalue weighted by molar-refractivity contribution is 0.122. The fraction of sp³-hybridized carbons (Fsp3) is 0.318. The summed E-state index contributed by atoms with van der Waals surface area (Å²) in [6.45, 7) is 6.14. The highest BCUT2D eigenvalue weighted by Gasteiger charge is 2.17. The second-order valence-electron chi connectivity index (χ2n) is 7.24. The minimum Gasteiger partial charge on any atom is -0.378 e. The predicted octanol–water partition coefficient (Wildman–Crippen LogP) is 4.22. The summed E-state index contributed by atoms with van der Waals surface area (Å²) in [4.78, 5) is 16.3. The van der Waals surface area contributed by atoms with Gasteiger partial charge in [0.25, 0.3) is 0 Å². The maximum atomic E-state index is 5.45. The summed E-state index contributed by atoms with van der Waals surface area (Å²) in [5, 5.41) is 6.65. The first kappa shape index (κ1) is 18.3. The third-order valence-corrected chi connectivity index (χ3v) is 6.07. The molecule has 0 saturated carbocycles. The Morgan fingerprint density at radius 2 is 1.90 bits per heavy atom. The van der Waals surface area contributed by atoms with Crippen molar-refractivity contribution >= 4 is 34.7 Å². The molecule has 3 aromatic rings. The van der Waals surface area contributed by atoms with Crippen molar-refractivity contribution in [2.45, 2.75) is 19.9 Å². The van der Waals surface area contributed by atoms with E-state index in [4.69, 9.17) is 9.72 Å². The molecule has 7 heteroatoms. The van der Waals surface area contributed by atoms with Gasteiger partial charge in [-0.15, -0.1) is 11.3 Å². The van der Waals surface area contributed by atoms with Crippen LogP contribution in [0.5, 0.6) is 0 Å². The van der Waals surface area contributed by atoms with Gasteiger partial charge in [0.05, 0.1) is 36.2 Å². The van der Waals surface area contributed by atoms with Crippen LogP contribution in [0.1, 0.15) is 16.1 Å². The first-order valence-electron chi connectivity index (χ1n) is 9.89. The predicted molar refractivity (Wildman–Crippen MR) is 119 cm³/mol. The largest absolute Gasteiger partial charge is 0.378 e. The number of benzene rings is 1.